The van der Waals surface area contributed by atoms with E-state index in [0.29, 0.717) is 62.5 Å². The minimum absolute atomic E-state index is 0.0376. The molecule has 0 aliphatic carbocycles. The molecule has 8 rings (SSSR count). The number of methoxy groups -OCH3 is 2. The highest BCUT2D eigenvalue weighted by Gasteiger charge is 2.44. The standard InChI is InChI=1S/2C24H31N5O4S.C2H2O4/c2*1-18-20(34-17-25-18)8-11-29-12-9-24(10-13-29,23-28-27-22(33-23)16-31-2)26-21(30)15-32-14-19-6-4-3-5-7-19;3-1(4)2(5)6/h2*3-7,17H,8-16H2,1-2H3,(H,26,30);(H,3,4)(H,5,6). The summed E-state index contributed by atoms with van der Waals surface area (Å²) in [5, 5.41) is 37.8. The number of carboxylic acid groups (broad SMARTS) is 2. The van der Waals surface area contributed by atoms with Crippen LogP contribution in [0.25, 0.3) is 0 Å². The highest BCUT2D eigenvalue weighted by atomic mass is 32.1. The number of nitrogens with zero attached hydrogens (tertiary/aromatic N) is 8. The van der Waals surface area contributed by atoms with Crippen LogP contribution in [0.3, 0.4) is 0 Å². The van der Waals surface area contributed by atoms with Crippen LogP contribution < -0.4 is 10.6 Å². The number of likely N-dealkylation sites (tertiary alicyclic amines) is 2. The van der Waals surface area contributed by atoms with Crippen molar-refractivity contribution in [1.82, 2.24) is 50.8 Å². The van der Waals surface area contributed by atoms with E-state index >= 15 is 0 Å². The summed E-state index contributed by atoms with van der Waals surface area (Å²) in [4.78, 5) is 60.0. The second-order valence-electron chi connectivity index (χ2n) is 17.6. The molecule has 2 aromatic carbocycles. The summed E-state index contributed by atoms with van der Waals surface area (Å²) in [7, 11) is 3.16. The van der Waals surface area contributed by atoms with Crippen LogP contribution >= 0.6 is 22.7 Å². The molecule has 0 atom stereocenters. The van der Waals surface area contributed by atoms with Crippen molar-refractivity contribution in [3.05, 3.63) is 128 Å². The summed E-state index contributed by atoms with van der Waals surface area (Å²) in [6, 6.07) is 19.6. The molecule has 6 aromatic rings. The second kappa shape index (κ2) is 28.9. The number of hydrogen-bond acceptors (Lipinski definition) is 20. The van der Waals surface area contributed by atoms with E-state index in [1.54, 1.807) is 36.9 Å². The van der Waals surface area contributed by atoms with Crippen LogP contribution in [0.4, 0.5) is 0 Å². The second-order valence-corrected chi connectivity index (χ2v) is 19.5. The van der Waals surface area contributed by atoms with E-state index < -0.39 is 23.0 Å². The van der Waals surface area contributed by atoms with Crippen LogP contribution in [0, 0.1) is 13.8 Å². The summed E-state index contributed by atoms with van der Waals surface area (Å²) >= 11 is 3.41. The molecule has 398 valence electrons. The van der Waals surface area contributed by atoms with Crippen LogP contribution in [0.2, 0.25) is 0 Å². The number of aromatic nitrogens is 6. The van der Waals surface area contributed by atoms with Gasteiger partial charge in [0, 0.05) is 63.2 Å². The molecule has 6 heterocycles. The van der Waals surface area contributed by atoms with Crippen LogP contribution in [-0.2, 0) is 88.5 Å². The van der Waals surface area contributed by atoms with Crippen molar-refractivity contribution in [2.45, 2.75) is 89.9 Å². The number of carboxylic acids is 2. The Morgan fingerprint density at radius 3 is 1.30 bits per heavy atom. The number of hydrogen-bond donors (Lipinski definition) is 4. The van der Waals surface area contributed by atoms with E-state index in [9.17, 15) is 9.59 Å². The average molecular weight is 1060 g/mol. The molecule has 2 amide bonds. The number of thiazole rings is 2. The highest BCUT2D eigenvalue weighted by Crippen LogP contribution is 2.34. The van der Waals surface area contributed by atoms with E-state index in [2.05, 4.69) is 64.6 Å². The molecule has 0 saturated carbocycles. The molecule has 2 aliphatic heterocycles. The largest absolute Gasteiger partial charge is 0.473 e. The molecular formula is C50H64N10O12S2. The van der Waals surface area contributed by atoms with Crippen LogP contribution in [0.5, 0.6) is 0 Å². The van der Waals surface area contributed by atoms with Crippen molar-refractivity contribution >= 4 is 46.4 Å². The number of carbonyl (C=O) groups is 4. The van der Waals surface area contributed by atoms with Gasteiger partial charge in [0.25, 0.3) is 0 Å². The van der Waals surface area contributed by atoms with Gasteiger partial charge < -0.3 is 58.4 Å². The number of rotatable bonds is 22. The van der Waals surface area contributed by atoms with E-state index in [1.807, 2.05) is 71.7 Å². The molecule has 74 heavy (non-hydrogen) atoms. The minimum Gasteiger partial charge on any atom is -0.473 e. The van der Waals surface area contributed by atoms with Gasteiger partial charge in [-0.25, -0.2) is 19.6 Å². The number of piperidine rings is 2. The van der Waals surface area contributed by atoms with E-state index in [0.717, 1.165) is 74.6 Å². The fraction of sp³-hybridized carbons (Fsp3) is 0.480. The van der Waals surface area contributed by atoms with Crippen molar-refractivity contribution in [2.24, 2.45) is 0 Å². The van der Waals surface area contributed by atoms with Gasteiger partial charge in [0.05, 0.1) is 35.6 Å². The number of aliphatic carboxylic acids is 2. The maximum Gasteiger partial charge on any atom is 0.414 e. The summed E-state index contributed by atoms with van der Waals surface area (Å²) in [5.74, 6) is -2.40. The number of aryl methyl sites for hydroxylation is 2. The molecule has 4 aromatic heterocycles. The predicted octanol–water partition coefficient (Wildman–Crippen LogP) is 4.85. The first-order valence-corrected chi connectivity index (χ1v) is 25.7. The maximum absolute atomic E-state index is 12.8. The smallest absolute Gasteiger partial charge is 0.414 e. The van der Waals surface area contributed by atoms with Crippen molar-refractivity contribution in [2.75, 3.05) is 66.7 Å². The zero-order chi connectivity index (χ0) is 52.8. The average Bonchev–Trinajstić information content (AvgIpc) is 4.25. The molecule has 2 fully saturated rings. The third-order valence-electron chi connectivity index (χ3n) is 12.3. The van der Waals surface area contributed by atoms with Crippen molar-refractivity contribution < 1.29 is 57.2 Å². The molecule has 4 N–H and O–H groups in total. The fourth-order valence-corrected chi connectivity index (χ4v) is 9.83. The van der Waals surface area contributed by atoms with Gasteiger partial charge in [-0.2, -0.15) is 0 Å². The summed E-state index contributed by atoms with van der Waals surface area (Å²) in [6.45, 7) is 10.4. The Morgan fingerprint density at radius 2 is 0.973 bits per heavy atom. The zero-order valence-corrected chi connectivity index (χ0v) is 43.7. The summed E-state index contributed by atoms with van der Waals surface area (Å²) in [5.41, 5.74) is 6.62. The van der Waals surface area contributed by atoms with Gasteiger partial charge in [-0.3, -0.25) is 9.59 Å². The van der Waals surface area contributed by atoms with Gasteiger partial charge in [-0.1, -0.05) is 60.7 Å². The topological polar surface area (TPSA) is 280 Å². The molecule has 22 nitrogen and oxygen atoms in total. The highest BCUT2D eigenvalue weighted by molar-refractivity contribution is 7.10. The first-order chi connectivity index (χ1) is 35.8. The minimum atomic E-state index is -1.82. The van der Waals surface area contributed by atoms with Gasteiger partial charge in [0.1, 0.15) is 37.5 Å². The van der Waals surface area contributed by atoms with Crippen LogP contribution in [-0.4, -0.2) is 141 Å². The van der Waals surface area contributed by atoms with Crippen LogP contribution in [0.15, 0.2) is 80.5 Å². The molecule has 24 heteroatoms. The Kier molecular flexibility index (Phi) is 22.2. The Bertz CT molecular complexity index is 2470. The lowest BCUT2D eigenvalue weighted by Gasteiger charge is -2.40. The van der Waals surface area contributed by atoms with E-state index in [-0.39, 0.29) is 38.2 Å². The maximum atomic E-state index is 12.8. The molecular weight excluding hydrogens is 997 g/mol. The Labute approximate surface area is 436 Å². The number of nitrogens with one attached hydrogen (secondary N) is 2. The van der Waals surface area contributed by atoms with Crippen molar-refractivity contribution in [3.8, 4) is 0 Å². The lowest BCUT2D eigenvalue weighted by Crippen LogP contribution is -2.54. The van der Waals surface area contributed by atoms with Gasteiger partial charge in [0.15, 0.2) is 0 Å². The molecule has 2 saturated heterocycles. The molecule has 0 unspecified atom stereocenters. The first-order valence-electron chi connectivity index (χ1n) is 24.0. The lowest BCUT2D eigenvalue weighted by molar-refractivity contribution is -0.159. The number of carbonyl (C=O) groups excluding carboxylic acids is 2. The van der Waals surface area contributed by atoms with Gasteiger partial charge in [-0.05, 0) is 63.5 Å². The van der Waals surface area contributed by atoms with Gasteiger partial charge >= 0.3 is 11.9 Å². The Hall–Kier alpha value is -6.38. The van der Waals surface area contributed by atoms with Crippen molar-refractivity contribution in [1.29, 1.82) is 0 Å². The SMILES string of the molecule is COCc1nnc(C2(NC(=O)COCc3ccccc3)CCN(CCc3scnc3C)CC2)o1.COCc1nnc(C2(NC(=O)COCc3ccccc3)CCN(CCc3scnc3C)CC2)o1.O=C(O)C(=O)O. The molecule has 0 spiro atoms. The molecule has 2 aliphatic rings. The number of ether oxygens (including phenoxy) is 4. The number of amides is 2. The quantitative estimate of drug-likeness (QED) is 0.0661. The third-order valence-corrected chi connectivity index (χ3v) is 14.3. The molecule has 0 radical (unpaired) electrons. The van der Waals surface area contributed by atoms with Crippen LogP contribution in [0.1, 0.15) is 81.5 Å². The first kappa shape index (κ1) is 56.9. The normalized spacial score (nSPS) is 15.2. The lowest BCUT2D eigenvalue weighted by atomic mass is 9.87. The monoisotopic (exact) mass is 1060 g/mol. The molecule has 0 bridgehead atoms. The summed E-state index contributed by atoms with van der Waals surface area (Å²) in [6.07, 6.45) is 4.65. The number of benzene rings is 2. The Morgan fingerprint density at radius 1 is 0.595 bits per heavy atom. The fourth-order valence-electron chi connectivity index (χ4n) is 8.29. The van der Waals surface area contributed by atoms with Crippen molar-refractivity contribution in [3.63, 3.8) is 0 Å². The van der Waals surface area contributed by atoms with E-state index in [1.165, 1.54) is 9.75 Å². The zero-order valence-electron chi connectivity index (χ0n) is 42.0. The third kappa shape index (κ3) is 17.4. The van der Waals surface area contributed by atoms with Gasteiger partial charge in [-0.15, -0.1) is 43.1 Å². The summed E-state index contributed by atoms with van der Waals surface area (Å²) < 4.78 is 33.3. The predicted molar refractivity (Wildman–Crippen MR) is 270 cm³/mol. The van der Waals surface area contributed by atoms with Gasteiger partial charge in [0.2, 0.25) is 35.4 Å². The van der Waals surface area contributed by atoms with E-state index in [4.69, 9.17) is 47.6 Å². The Balaban J connectivity index is 0.000000217.